The summed E-state index contributed by atoms with van der Waals surface area (Å²) in [6.07, 6.45) is 4.00. The minimum absolute atomic E-state index is 0.0833. The standard InChI is InChI=1S/C12H17FN2O2S/c1-8(6-9-2-4-17-5-3-9)11(16)15-12-14-7-10(13)18-12/h7-9H,2-6H2,1H3,(H,14,15,16)/t8-/m1/s1. The summed E-state index contributed by atoms with van der Waals surface area (Å²) in [6, 6.07) is 0. The molecule has 1 amide bonds. The predicted molar refractivity (Wildman–Crippen MR) is 68.0 cm³/mol. The Balaban J connectivity index is 1.80. The van der Waals surface area contributed by atoms with E-state index in [4.69, 9.17) is 4.74 Å². The van der Waals surface area contributed by atoms with E-state index in [9.17, 15) is 9.18 Å². The number of hydrogen-bond acceptors (Lipinski definition) is 4. The van der Waals surface area contributed by atoms with Crippen molar-refractivity contribution in [2.24, 2.45) is 11.8 Å². The SMILES string of the molecule is C[C@H](CC1CCOCC1)C(=O)Nc1ncc(F)s1. The van der Waals surface area contributed by atoms with Crippen molar-refractivity contribution in [2.75, 3.05) is 18.5 Å². The molecular weight excluding hydrogens is 255 g/mol. The third-order valence-corrected chi connectivity index (χ3v) is 3.88. The van der Waals surface area contributed by atoms with Crippen LogP contribution in [0.1, 0.15) is 26.2 Å². The van der Waals surface area contributed by atoms with E-state index >= 15 is 0 Å². The van der Waals surface area contributed by atoms with Gasteiger partial charge in [-0.05, 0) is 25.2 Å². The summed E-state index contributed by atoms with van der Waals surface area (Å²) in [5.74, 6) is 0.378. The van der Waals surface area contributed by atoms with Crippen LogP contribution in [0.2, 0.25) is 0 Å². The number of aromatic nitrogens is 1. The molecule has 1 saturated heterocycles. The third kappa shape index (κ3) is 3.74. The normalized spacial score (nSPS) is 18.6. The first-order valence-electron chi connectivity index (χ1n) is 6.15. The summed E-state index contributed by atoms with van der Waals surface area (Å²) >= 11 is 0.850. The van der Waals surface area contributed by atoms with Gasteiger partial charge in [0.05, 0.1) is 6.20 Å². The minimum Gasteiger partial charge on any atom is -0.381 e. The molecule has 100 valence electrons. The van der Waals surface area contributed by atoms with Gasteiger partial charge in [0.15, 0.2) is 10.3 Å². The Morgan fingerprint density at radius 1 is 1.67 bits per heavy atom. The first kappa shape index (κ1) is 13.4. The van der Waals surface area contributed by atoms with E-state index in [1.165, 1.54) is 0 Å². The molecule has 1 aliphatic heterocycles. The number of ether oxygens (including phenoxy) is 1. The monoisotopic (exact) mass is 272 g/mol. The number of carbonyl (C=O) groups excluding carboxylic acids is 1. The van der Waals surface area contributed by atoms with Gasteiger partial charge in [-0.25, -0.2) is 4.98 Å². The molecule has 2 heterocycles. The van der Waals surface area contributed by atoms with Crippen LogP contribution in [-0.2, 0) is 9.53 Å². The molecule has 1 aromatic rings. The third-order valence-electron chi connectivity index (χ3n) is 3.18. The second-order valence-corrected chi connectivity index (χ2v) is 5.63. The molecule has 1 fully saturated rings. The molecule has 1 atom stereocenters. The Morgan fingerprint density at radius 2 is 2.39 bits per heavy atom. The highest BCUT2D eigenvalue weighted by Gasteiger charge is 2.21. The number of nitrogens with one attached hydrogen (secondary N) is 1. The molecule has 0 unspecified atom stereocenters. The van der Waals surface area contributed by atoms with E-state index in [0.29, 0.717) is 11.0 Å². The Labute approximate surface area is 110 Å². The second kappa shape index (κ2) is 6.24. The first-order valence-corrected chi connectivity index (χ1v) is 6.96. The predicted octanol–water partition coefficient (Wildman–Crippen LogP) is 2.67. The van der Waals surface area contributed by atoms with Crippen molar-refractivity contribution in [3.63, 3.8) is 0 Å². The summed E-state index contributed by atoms with van der Waals surface area (Å²) in [6.45, 7) is 3.47. The Bertz CT molecular complexity index is 405. The van der Waals surface area contributed by atoms with Crippen LogP contribution in [0.15, 0.2) is 6.20 Å². The lowest BCUT2D eigenvalue weighted by atomic mass is 9.89. The smallest absolute Gasteiger partial charge is 0.228 e. The molecule has 0 aromatic carbocycles. The zero-order valence-electron chi connectivity index (χ0n) is 10.3. The fraction of sp³-hybridized carbons (Fsp3) is 0.667. The van der Waals surface area contributed by atoms with Gasteiger partial charge in [0, 0.05) is 19.1 Å². The summed E-state index contributed by atoms with van der Waals surface area (Å²) in [5.41, 5.74) is 0. The lowest BCUT2D eigenvalue weighted by Gasteiger charge is -2.24. The van der Waals surface area contributed by atoms with Crippen molar-refractivity contribution in [3.05, 3.63) is 11.3 Å². The van der Waals surface area contributed by atoms with E-state index in [2.05, 4.69) is 10.3 Å². The maximum absolute atomic E-state index is 12.7. The molecule has 1 aliphatic rings. The van der Waals surface area contributed by atoms with E-state index < -0.39 is 0 Å². The molecule has 0 saturated carbocycles. The van der Waals surface area contributed by atoms with Gasteiger partial charge in [-0.3, -0.25) is 4.79 Å². The van der Waals surface area contributed by atoms with E-state index in [1.54, 1.807) is 0 Å². The zero-order chi connectivity index (χ0) is 13.0. The Kier molecular flexibility index (Phi) is 4.66. The maximum Gasteiger partial charge on any atom is 0.228 e. The van der Waals surface area contributed by atoms with Crippen LogP contribution in [0.4, 0.5) is 9.52 Å². The molecule has 18 heavy (non-hydrogen) atoms. The molecule has 0 spiro atoms. The molecule has 6 heteroatoms. The number of carbonyl (C=O) groups is 1. The number of rotatable bonds is 4. The molecule has 4 nitrogen and oxygen atoms in total. The van der Waals surface area contributed by atoms with Gasteiger partial charge in [0.1, 0.15) is 0 Å². The van der Waals surface area contributed by atoms with Crippen LogP contribution < -0.4 is 5.32 Å². The molecule has 0 aliphatic carbocycles. The van der Waals surface area contributed by atoms with E-state index in [-0.39, 0.29) is 17.0 Å². The highest BCUT2D eigenvalue weighted by molar-refractivity contribution is 7.14. The summed E-state index contributed by atoms with van der Waals surface area (Å²) < 4.78 is 18.0. The van der Waals surface area contributed by atoms with Crippen molar-refractivity contribution in [1.82, 2.24) is 4.98 Å². The molecule has 1 N–H and O–H groups in total. The van der Waals surface area contributed by atoms with Crippen LogP contribution in [0, 0.1) is 17.0 Å². The van der Waals surface area contributed by atoms with Gasteiger partial charge in [-0.15, -0.1) is 0 Å². The first-order chi connectivity index (χ1) is 8.65. The second-order valence-electron chi connectivity index (χ2n) is 4.65. The highest BCUT2D eigenvalue weighted by Crippen LogP contribution is 2.24. The average molecular weight is 272 g/mol. The average Bonchev–Trinajstić information content (AvgIpc) is 2.76. The van der Waals surface area contributed by atoms with Gasteiger partial charge < -0.3 is 10.1 Å². The van der Waals surface area contributed by atoms with E-state index in [1.807, 2.05) is 6.92 Å². The lowest BCUT2D eigenvalue weighted by Crippen LogP contribution is -2.25. The number of thiazole rings is 1. The summed E-state index contributed by atoms with van der Waals surface area (Å²) in [4.78, 5) is 15.7. The van der Waals surface area contributed by atoms with Crippen molar-refractivity contribution in [3.8, 4) is 0 Å². The minimum atomic E-state index is -0.387. The Hall–Kier alpha value is -1.01. The van der Waals surface area contributed by atoms with Gasteiger partial charge in [0.25, 0.3) is 0 Å². The summed E-state index contributed by atoms with van der Waals surface area (Å²) in [5, 5.41) is 2.59. The van der Waals surface area contributed by atoms with Crippen LogP contribution >= 0.6 is 11.3 Å². The van der Waals surface area contributed by atoms with Crippen molar-refractivity contribution >= 4 is 22.4 Å². The zero-order valence-corrected chi connectivity index (χ0v) is 11.1. The van der Waals surface area contributed by atoms with Crippen LogP contribution in [0.5, 0.6) is 0 Å². The topological polar surface area (TPSA) is 51.2 Å². The molecule has 0 radical (unpaired) electrons. The maximum atomic E-state index is 12.7. The van der Waals surface area contributed by atoms with E-state index in [0.717, 1.165) is 50.0 Å². The number of nitrogens with zero attached hydrogens (tertiary/aromatic N) is 1. The fourth-order valence-electron chi connectivity index (χ4n) is 2.13. The lowest BCUT2D eigenvalue weighted by molar-refractivity contribution is -0.120. The van der Waals surface area contributed by atoms with Crippen molar-refractivity contribution in [1.29, 1.82) is 0 Å². The fourth-order valence-corrected chi connectivity index (χ4v) is 2.68. The van der Waals surface area contributed by atoms with Gasteiger partial charge in [-0.2, -0.15) is 4.39 Å². The molecule has 0 bridgehead atoms. The van der Waals surface area contributed by atoms with Gasteiger partial charge in [-0.1, -0.05) is 18.3 Å². The highest BCUT2D eigenvalue weighted by atomic mass is 32.1. The van der Waals surface area contributed by atoms with Crippen molar-refractivity contribution in [2.45, 2.75) is 26.2 Å². The van der Waals surface area contributed by atoms with Crippen molar-refractivity contribution < 1.29 is 13.9 Å². The molecule has 2 rings (SSSR count). The molecular formula is C12H17FN2O2S. The summed E-state index contributed by atoms with van der Waals surface area (Å²) in [7, 11) is 0. The number of halogens is 1. The number of anilines is 1. The quantitative estimate of drug-likeness (QED) is 0.916. The van der Waals surface area contributed by atoms with Gasteiger partial charge >= 0.3 is 0 Å². The van der Waals surface area contributed by atoms with Crippen LogP contribution in [0.25, 0.3) is 0 Å². The number of hydrogen-bond donors (Lipinski definition) is 1. The Morgan fingerprint density at radius 3 is 3.00 bits per heavy atom. The van der Waals surface area contributed by atoms with Crippen LogP contribution in [0.3, 0.4) is 0 Å². The molecule has 1 aromatic heterocycles. The largest absolute Gasteiger partial charge is 0.381 e. The number of amides is 1. The van der Waals surface area contributed by atoms with Gasteiger partial charge in [0.2, 0.25) is 5.91 Å². The van der Waals surface area contributed by atoms with Crippen LogP contribution in [-0.4, -0.2) is 24.1 Å².